The lowest BCUT2D eigenvalue weighted by atomic mass is 9.85. The van der Waals surface area contributed by atoms with Crippen LogP contribution in [0.2, 0.25) is 0 Å². The van der Waals surface area contributed by atoms with Crippen molar-refractivity contribution in [2.24, 2.45) is 5.92 Å². The highest BCUT2D eigenvalue weighted by atomic mass is 32.1. The molecular weight excluding hydrogens is 470 g/mol. The largest absolute Gasteiger partial charge is 0.337 e. The summed E-state index contributed by atoms with van der Waals surface area (Å²) in [5.74, 6) is 0.862. The summed E-state index contributed by atoms with van der Waals surface area (Å²) in [7, 11) is 0. The maximum Gasteiger partial charge on any atom is 0.227 e. The molecule has 6 aromatic rings. The van der Waals surface area contributed by atoms with Crippen LogP contribution < -0.4 is 5.32 Å². The quantitative estimate of drug-likeness (QED) is 0.273. The van der Waals surface area contributed by atoms with Gasteiger partial charge >= 0.3 is 0 Å². The van der Waals surface area contributed by atoms with E-state index in [4.69, 9.17) is 4.98 Å². The Morgan fingerprint density at radius 3 is 2.81 bits per heavy atom. The molecule has 0 bridgehead atoms. The second-order valence-corrected chi connectivity index (χ2v) is 9.98. The number of H-pyrrole nitrogens is 2. The predicted molar refractivity (Wildman–Crippen MR) is 141 cm³/mol. The fraction of sp³-hybridized carbons (Fsp3) is 0.148. The van der Waals surface area contributed by atoms with Gasteiger partial charge in [-0.15, -0.1) is 11.3 Å². The summed E-state index contributed by atoms with van der Waals surface area (Å²) in [5.41, 5.74) is 6.78. The third kappa shape index (κ3) is 3.56. The fourth-order valence-corrected chi connectivity index (χ4v) is 5.35. The molecule has 5 heterocycles. The SMILES string of the molecule is O=C(Nc1cncc(-c2cnc3[nH]nc(-c4nc5c(-c6cccs6)cccc5[nH]4)c3c2)c1)C1CCC1. The monoisotopic (exact) mass is 491 g/mol. The Labute approximate surface area is 209 Å². The topological polar surface area (TPSA) is 112 Å². The Kier molecular flexibility index (Phi) is 4.88. The van der Waals surface area contributed by atoms with Crippen LogP contribution in [0.4, 0.5) is 5.69 Å². The normalized spacial score (nSPS) is 13.8. The van der Waals surface area contributed by atoms with Crippen molar-refractivity contribution >= 4 is 45.0 Å². The molecule has 3 N–H and O–H groups in total. The third-order valence-corrected chi connectivity index (χ3v) is 7.66. The molecule has 1 aromatic carbocycles. The molecule has 0 atom stereocenters. The maximum atomic E-state index is 12.4. The molecule has 36 heavy (non-hydrogen) atoms. The minimum atomic E-state index is 0.0673. The van der Waals surface area contributed by atoms with Gasteiger partial charge in [-0.3, -0.25) is 14.9 Å². The van der Waals surface area contributed by atoms with E-state index in [1.807, 2.05) is 30.3 Å². The van der Waals surface area contributed by atoms with Gasteiger partial charge in [0, 0.05) is 39.9 Å². The number of benzene rings is 1. The second kappa shape index (κ2) is 8.39. The highest BCUT2D eigenvalue weighted by molar-refractivity contribution is 7.13. The highest BCUT2D eigenvalue weighted by Crippen LogP contribution is 2.34. The van der Waals surface area contributed by atoms with Crippen LogP contribution in [-0.2, 0) is 4.79 Å². The molecule has 1 fully saturated rings. The molecule has 1 aliphatic rings. The molecule has 0 unspecified atom stereocenters. The summed E-state index contributed by atoms with van der Waals surface area (Å²) in [6.45, 7) is 0. The second-order valence-electron chi connectivity index (χ2n) is 9.04. The number of imidazole rings is 1. The summed E-state index contributed by atoms with van der Waals surface area (Å²) in [4.78, 5) is 30.8. The number of para-hydroxylation sites is 1. The number of aromatic nitrogens is 6. The molecule has 0 saturated heterocycles. The van der Waals surface area contributed by atoms with Crippen LogP contribution in [0.15, 0.2) is 66.4 Å². The number of nitrogens with zero attached hydrogens (tertiary/aromatic N) is 4. The van der Waals surface area contributed by atoms with E-state index in [0.29, 0.717) is 22.9 Å². The van der Waals surface area contributed by atoms with E-state index in [9.17, 15) is 4.79 Å². The minimum absolute atomic E-state index is 0.0673. The molecule has 0 aliphatic heterocycles. The number of thiophene rings is 1. The van der Waals surface area contributed by atoms with Crippen LogP contribution >= 0.6 is 11.3 Å². The van der Waals surface area contributed by atoms with Gasteiger partial charge in [-0.25, -0.2) is 9.97 Å². The lowest BCUT2D eigenvalue weighted by Crippen LogP contribution is -2.28. The lowest BCUT2D eigenvalue weighted by molar-refractivity contribution is -0.122. The van der Waals surface area contributed by atoms with E-state index >= 15 is 0 Å². The Morgan fingerprint density at radius 1 is 1.06 bits per heavy atom. The van der Waals surface area contributed by atoms with E-state index in [-0.39, 0.29) is 11.8 Å². The predicted octanol–water partition coefficient (Wildman–Crippen LogP) is 6.03. The zero-order valence-corrected chi connectivity index (χ0v) is 20.0. The van der Waals surface area contributed by atoms with Gasteiger partial charge in [-0.2, -0.15) is 5.10 Å². The summed E-state index contributed by atoms with van der Waals surface area (Å²) in [6, 6.07) is 14.3. The third-order valence-electron chi connectivity index (χ3n) is 6.76. The molecule has 1 saturated carbocycles. The van der Waals surface area contributed by atoms with Gasteiger partial charge < -0.3 is 10.3 Å². The number of hydrogen-bond acceptors (Lipinski definition) is 6. The van der Waals surface area contributed by atoms with Gasteiger partial charge in [0.25, 0.3) is 0 Å². The lowest BCUT2D eigenvalue weighted by Gasteiger charge is -2.24. The Hall–Kier alpha value is -4.37. The van der Waals surface area contributed by atoms with Crippen LogP contribution in [-0.4, -0.2) is 36.0 Å². The molecule has 1 amide bonds. The molecule has 5 aromatic heterocycles. The number of fused-ring (bicyclic) bond motifs is 2. The van der Waals surface area contributed by atoms with Gasteiger partial charge in [0.15, 0.2) is 11.5 Å². The van der Waals surface area contributed by atoms with Gasteiger partial charge in [-0.05, 0) is 42.5 Å². The fourth-order valence-electron chi connectivity index (χ4n) is 4.60. The molecule has 0 spiro atoms. The summed E-state index contributed by atoms with van der Waals surface area (Å²) in [5, 5.41) is 13.5. The van der Waals surface area contributed by atoms with E-state index in [2.05, 4.69) is 48.0 Å². The van der Waals surface area contributed by atoms with Crippen LogP contribution in [0.5, 0.6) is 0 Å². The summed E-state index contributed by atoms with van der Waals surface area (Å²) in [6.07, 6.45) is 8.27. The van der Waals surface area contributed by atoms with Crippen molar-refractivity contribution in [3.05, 3.63) is 66.4 Å². The number of carbonyl (C=O) groups is 1. The number of rotatable bonds is 5. The van der Waals surface area contributed by atoms with Gasteiger partial charge in [0.2, 0.25) is 5.91 Å². The minimum Gasteiger partial charge on any atom is -0.337 e. The number of aromatic amines is 2. The number of hydrogen-bond donors (Lipinski definition) is 3. The van der Waals surface area contributed by atoms with Crippen molar-refractivity contribution in [3.8, 4) is 33.1 Å². The first kappa shape index (κ1) is 21.0. The molecule has 176 valence electrons. The van der Waals surface area contributed by atoms with Crippen molar-refractivity contribution in [1.29, 1.82) is 0 Å². The molecule has 9 heteroatoms. The van der Waals surface area contributed by atoms with Crippen molar-refractivity contribution < 1.29 is 4.79 Å². The first-order valence-electron chi connectivity index (χ1n) is 11.9. The van der Waals surface area contributed by atoms with Gasteiger partial charge in [0.1, 0.15) is 5.69 Å². The maximum absolute atomic E-state index is 12.4. The van der Waals surface area contributed by atoms with Crippen molar-refractivity contribution in [2.45, 2.75) is 19.3 Å². The Morgan fingerprint density at radius 2 is 1.97 bits per heavy atom. The van der Waals surface area contributed by atoms with Crippen molar-refractivity contribution in [1.82, 2.24) is 30.1 Å². The van der Waals surface area contributed by atoms with Crippen molar-refractivity contribution in [3.63, 3.8) is 0 Å². The highest BCUT2D eigenvalue weighted by Gasteiger charge is 2.25. The zero-order chi connectivity index (χ0) is 24.1. The van der Waals surface area contributed by atoms with E-state index < -0.39 is 0 Å². The number of anilines is 1. The zero-order valence-electron chi connectivity index (χ0n) is 19.2. The summed E-state index contributed by atoms with van der Waals surface area (Å²) < 4.78 is 0. The molecule has 8 nitrogen and oxygen atoms in total. The standard InChI is InChI=1S/C27H21N7OS/c35-27(15-4-1-5-15)30-18-10-16(12-28-14-18)17-11-20-24(33-34-25(20)29-13-17)26-31-21-7-2-6-19(23(21)32-26)22-8-3-9-36-22/h2-3,6-15H,1,4-5H2,(H,30,35)(H,31,32)(H,29,33,34). The van der Waals surface area contributed by atoms with Crippen molar-refractivity contribution in [2.75, 3.05) is 5.32 Å². The van der Waals surface area contributed by atoms with Crippen LogP contribution in [0.3, 0.4) is 0 Å². The molecule has 1 aliphatic carbocycles. The average Bonchev–Trinajstić information content (AvgIpc) is 3.61. The summed E-state index contributed by atoms with van der Waals surface area (Å²) >= 11 is 1.69. The van der Waals surface area contributed by atoms with E-state index in [0.717, 1.165) is 52.4 Å². The first-order valence-corrected chi connectivity index (χ1v) is 12.7. The Bertz CT molecular complexity index is 1730. The molecule has 7 rings (SSSR count). The van der Waals surface area contributed by atoms with Crippen LogP contribution in [0, 0.1) is 5.92 Å². The smallest absolute Gasteiger partial charge is 0.227 e. The van der Waals surface area contributed by atoms with E-state index in [1.165, 1.54) is 4.88 Å². The van der Waals surface area contributed by atoms with Gasteiger partial charge in [-0.1, -0.05) is 24.6 Å². The number of nitrogens with one attached hydrogen (secondary N) is 3. The molecular formula is C27H21N7OS. The number of carbonyl (C=O) groups excluding carboxylic acids is 1. The Balaban J connectivity index is 1.26. The number of amides is 1. The van der Waals surface area contributed by atoms with Gasteiger partial charge in [0.05, 0.1) is 28.3 Å². The van der Waals surface area contributed by atoms with E-state index in [1.54, 1.807) is 29.9 Å². The average molecular weight is 492 g/mol. The first-order chi connectivity index (χ1) is 17.7. The van der Waals surface area contributed by atoms with Crippen LogP contribution in [0.1, 0.15) is 19.3 Å². The number of pyridine rings is 2. The molecule has 0 radical (unpaired) electrons. The van der Waals surface area contributed by atoms with Crippen LogP contribution in [0.25, 0.3) is 55.2 Å².